The Labute approximate surface area is 184 Å². The van der Waals surface area contributed by atoms with Crippen LogP contribution in [0, 0.1) is 0 Å². The van der Waals surface area contributed by atoms with Gasteiger partial charge in [0.15, 0.2) is 0 Å². The van der Waals surface area contributed by atoms with Gasteiger partial charge in [-0.25, -0.2) is 0 Å². The first-order chi connectivity index (χ1) is 14.7. The number of aliphatic hydroxyl groups is 3. The van der Waals surface area contributed by atoms with E-state index in [-0.39, 0.29) is 13.2 Å². The minimum Gasteiger partial charge on any atom is -0.394 e. The summed E-state index contributed by atoms with van der Waals surface area (Å²) in [5.41, 5.74) is 0. The molecule has 0 bridgehead atoms. The molecule has 1 aliphatic rings. The molecule has 0 saturated carbocycles. The Kier molecular flexibility index (Phi) is 17.7. The average molecular weight is 429 g/mol. The monoisotopic (exact) mass is 428 g/mol. The summed E-state index contributed by atoms with van der Waals surface area (Å²) in [7, 11) is 0. The number of aliphatic hydroxyl groups excluding tert-OH is 3. The molecule has 1 fully saturated rings. The second kappa shape index (κ2) is 19.2. The Balaban J connectivity index is 1.86. The van der Waals surface area contributed by atoms with Crippen LogP contribution < -0.4 is 0 Å². The van der Waals surface area contributed by atoms with Gasteiger partial charge in [-0.3, -0.25) is 0 Å². The van der Waals surface area contributed by atoms with Crippen LogP contribution in [0.4, 0.5) is 0 Å². The van der Waals surface area contributed by atoms with E-state index in [9.17, 15) is 15.3 Å². The lowest BCUT2D eigenvalue weighted by molar-refractivity contribution is -0.211. The van der Waals surface area contributed by atoms with Gasteiger partial charge < -0.3 is 24.8 Å². The maximum absolute atomic E-state index is 10.0. The molecule has 0 aromatic rings. The molecule has 0 amide bonds. The van der Waals surface area contributed by atoms with Crippen molar-refractivity contribution in [1.29, 1.82) is 0 Å². The molecular weight excluding hydrogens is 380 g/mol. The largest absolute Gasteiger partial charge is 0.394 e. The van der Waals surface area contributed by atoms with Crippen LogP contribution >= 0.6 is 0 Å². The molecule has 0 spiro atoms. The molecule has 0 aromatic carbocycles. The summed E-state index contributed by atoms with van der Waals surface area (Å²) < 4.78 is 11.0. The third-order valence-electron chi connectivity index (χ3n) is 5.97. The average Bonchev–Trinajstić information content (AvgIpc) is 2.75. The van der Waals surface area contributed by atoms with Crippen LogP contribution in [0.2, 0.25) is 0 Å². The lowest BCUT2D eigenvalue weighted by Gasteiger charge is -2.37. The van der Waals surface area contributed by atoms with Crippen molar-refractivity contribution in [2.45, 2.75) is 128 Å². The Morgan fingerprint density at radius 2 is 1.33 bits per heavy atom. The minimum absolute atomic E-state index is 0.0415. The molecule has 0 aromatic heterocycles. The second-order valence-electron chi connectivity index (χ2n) is 8.74. The fourth-order valence-corrected chi connectivity index (χ4v) is 3.96. The van der Waals surface area contributed by atoms with Gasteiger partial charge in [-0.05, 0) is 32.1 Å². The summed E-state index contributed by atoms with van der Waals surface area (Å²) in [6.07, 6.45) is 20.7. The molecule has 4 atom stereocenters. The van der Waals surface area contributed by atoms with E-state index in [1.165, 1.54) is 83.5 Å². The predicted molar refractivity (Wildman–Crippen MR) is 123 cm³/mol. The van der Waals surface area contributed by atoms with Gasteiger partial charge >= 0.3 is 0 Å². The standard InChI is InChI=1S/C25H48O5/c1-2-3-4-5-6-7-8-9-10-11-12-13-14-15-16-17-18-19-29-25-23(20-26)30-21-22(27)24(25)28/h11-12,22-28H,2-10,13-21H2,1H3/b12-11+/t22-,23+,24+,25+/m0/s1. The summed E-state index contributed by atoms with van der Waals surface area (Å²) in [5, 5.41) is 29.0. The van der Waals surface area contributed by atoms with Gasteiger partial charge in [0, 0.05) is 6.61 Å². The third kappa shape index (κ3) is 13.1. The molecule has 0 unspecified atom stereocenters. The maximum atomic E-state index is 10.0. The van der Waals surface area contributed by atoms with Crippen molar-refractivity contribution in [3.05, 3.63) is 12.2 Å². The molecule has 5 nitrogen and oxygen atoms in total. The van der Waals surface area contributed by atoms with Gasteiger partial charge in [0.05, 0.1) is 13.2 Å². The number of rotatable bonds is 19. The first-order valence-electron chi connectivity index (χ1n) is 12.6. The lowest BCUT2D eigenvalue weighted by atomic mass is 10.0. The van der Waals surface area contributed by atoms with Crippen LogP contribution in [0.1, 0.15) is 103 Å². The van der Waals surface area contributed by atoms with Crippen molar-refractivity contribution in [3.8, 4) is 0 Å². The Hall–Kier alpha value is -0.460. The molecule has 1 rings (SSSR count). The quantitative estimate of drug-likeness (QED) is 0.201. The second-order valence-corrected chi connectivity index (χ2v) is 8.74. The Morgan fingerprint density at radius 3 is 1.90 bits per heavy atom. The summed E-state index contributed by atoms with van der Waals surface area (Å²) >= 11 is 0. The van der Waals surface area contributed by atoms with Crippen LogP contribution in [0.15, 0.2) is 12.2 Å². The van der Waals surface area contributed by atoms with Crippen molar-refractivity contribution in [1.82, 2.24) is 0 Å². The smallest absolute Gasteiger partial charge is 0.114 e. The van der Waals surface area contributed by atoms with E-state index >= 15 is 0 Å². The van der Waals surface area contributed by atoms with Crippen LogP contribution in [-0.4, -0.2) is 59.6 Å². The topological polar surface area (TPSA) is 79.2 Å². The van der Waals surface area contributed by atoms with Gasteiger partial charge in [-0.2, -0.15) is 0 Å². The summed E-state index contributed by atoms with van der Waals surface area (Å²) in [4.78, 5) is 0. The van der Waals surface area contributed by atoms with E-state index in [0.717, 1.165) is 12.8 Å². The highest BCUT2D eigenvalue weighted by atomic mass is 16.6. The van der Waals surface area contributed by atoms with E-state index in [2.05, 4.69) is 19.1 Å². The van der Waals surface area contributed by atoms with Crippen molar-refractivity contribution >= 4 is 0 Å². The summed E-state index contributed by atoms with van der Waals surface area (Å²) in [6.45, 7) is 2.62. The first kappa shape index (κ1) is 27.6. The van der Waals surface area contributed by atoms with Crippen molar-refractivity contribution in [2.24, 2.45) is 0 Å². The molecule has 3 N–H and O–H groups in total. The van der Waals surface area contributed by atoms with E-state index in [4.69, 9.17) is 9.47 Å². The van der Waals surface area contributed by atoms with E-state index in [0.29, 0.717) is 6.61 Å². The van der Waals surface area contributed by atoms with E-state index in [1.54, 1.807) is 0 Å². The fraction of sp³-hybridized carbons (Fsp3) is 0.920. The SMILES string of the molecule is CCCCCCCCCC/C=C/CCCCCCCO[C@H]1[C@H](O)[C@@H](O)CO[C@@H]1CO. The molecule has 0 radical (unpaired) electrons. The molecule has 1 aliphatic heterocycles. The zero-order valence-corrected chi connectivity index (χ0v) is 19.4. The third-order valence-corrected chi connectivity index (χ3v) is 5.97. The van der Waals surface area contributed by atoms with Gasteiger partial charge in [0.2, 0.25) is 0 Å². The van der Waals surface area contributed by atoms with Crippen LogP contribution in [-0.2, 0) is 9.47 Å². The normalized spacial score (nSPS) is 24.7. The van der Waals surface area contributed by atoms with Crippen LogP contribution in [0.25, 0.3) is 0 Å². The highest BCUT2D eigenvalue weighted by Crippen LogP contribution is 2.19. The molecular formula is C25H48O5. The predicted octanol–water partition coefficient (Wildman–Crippen LogP) is 4.91. The van der Waals surface area contributed by atoms with E-state index in [1.807, 2.05) is 0 Å². The molecule has 1 saturated heterocycles. The van der Waals surface area contributed by atoms with Gasteiger partial charge in [0.25, 0.3) is 0 Å². The molecule has 1 heterocycles. The zero-order valence-electron chi connectivity index (χ0n) is 19.4. The zero-order chi connectivity index (χ0) is 21.9. The molecule has 0 aliphatic carbocycles. The summed E-state index contributed by atoms with van der Waals surface area (Å²) in [5.74, 6) is 0. The number of ether oxygens (including phenoxy) is 2. The van der Waals surface area contributed by atoms with Crippen LogP contribution in [0.5, 0.6) is 0 Å². The number of allylic oxidation sites excluding steroid dienone is 2. The van der Waals surface area contributed by atoms with Crippen molar-refractivity contribution in [2.75, 3.05) is 19.8 Å². The summed E-state index contributed by atoms with van der Waals surface area (Å²) in [6, 6.07) is 0. The van der Waals surface area contributed by atoms with Crippen molar-refractivity contribution < 1.29 is 24.8 Å². The fourth-order valence-electron chi connectivity index (χ4n) is 3.96. The highest BCUT2D eigenvalue weighted by molar-refractivity contribution is 4.87. The van der Waals surface area contributed by atoms with E-state index < -0.39 is 24.4 Å². The number of hydrogen-bond acceptors (Lipinski definition) is 5. The highest BCUT2D eigenvalue weighted by Gasteiger charge is 2.39. The Bertz CT molecular complexity index is 399. The van der Waals surface area contributed by atoms with Gasteiger partial charge in [-0.15, -0.1) is 0 Å². The molecule has 178 valence electrons. The lowest BCUT2D eigenvalue weighted by Crippen LogP contribution is -2.55. The van der Waals surface area contributed by atoms with Crippen molar-refractivity contribution in [3.63, 3.8) is 0 Å². The van der Waals surface area contributed by atoms with Crippen LogP contribution in [0.3, 0.4) is 0 Å². The first-order valence-corrected chi connectivity index (χ1v) is 12.6. The maximum Gasteiger partial charge on any atom is 0.114 e. The van der Waals surface area contributed by atoms with Gasteiger partial charge in [-0.1, -0.05) is 83.3 Å². The number of hydrogen-bond donors (Lipinski definition) is 3. The minimum atomic E-state index is -0.992. The Morgan fingerprint density at radius 1 is 0.800 bits per heavy atom. The van der Waals surface area contributed by atoms with Gasteiger partial charge in [0.1, 0.15) is 24.4 Å². The number of unbranched alkanes of at least 4 members (excludes halogenated alkanes) is 13. The molecule has 5 heteroatoms. The molecule has 30 heavy (non-hydrogen) atoms.